The molecule has 1 fully saturated rings. The van der Waals surface area contributed by atoms with Crippen LogP contribution in [0.1, 0.15) is 39.5 Å². The first-order valence-corrected chi connectivity index (χ1v) is 7.36. The lowest BCUT2D eigenvalue weighted by Crippen LogP contribution is -2.35. The van der Waals surface area contributed by atoms with E-state index in [0.717, 1.165) is 18.1 Å². The average Bonchev–Trinajstić information content (AvgIpc) is 2.84. The highest BCUT2D eigenvalue weighted by atomic mass is 32.2. The van der Waals surface area contributed by atoms with Gasteiger partial charge < -0.3 is 5.32 Å². The van der Waals surface area contributed by atoms with Gasteiger partial charge in [-0.1, -0.05) is 12.8 Å². The van der Waals surface area contributed by atoms with Crippen molar-refractivity contribution in [3.8, 4) is 0 Å². The van der Waals surface area contributed by atoms with Crippen LogP contribution in [0.3, 0.4) is 0 Å². The van der Waals surface area contributed by atoms with Crippen LogP contribution in [0.4, 0.5) is 0 Å². The summed E-state index contributed by atoms with van der Waals surface area (Å²) in [6.45, 7) is 4.45. The third-order valence-corrected chi connectivity index (χ3v) is 3.60. The Morgan fingerprint density at radius 2 is 2.00 bits per heavy atom. The molecule has 1 aliphatic rings. The standard InChI is InChI=1S/C11H23NOS/c1-9(6-7-14(3)13)12-10(2)8-11-4-5-11/h9-12H,4-8H2,1-3H3. The van der Waals surface area contributed by atoms with Crippen LogP contribution < -0.4 is 5.32 Å². The molecule has 0 heterocycles. The molecule has 0 saturated heterocycles. The van der Waals surface area contributed by atoms with Crippen molar-refractivity contribution in [2.45, 2.75) is 51.6 Å². The Bertz CT molecular complexity index is 192. The Hall–Kier alpha value is 0.110. The molecule has 2 nitrogen and oxygen atoms in total. The Labute approximate surface area is 90.3 Å². The molecule has 0 bridgehead atoms. The van der Waals surface area contributed by atoms with Crippen molar-refractivity contribution in [1.82, 2.24) is 5.32 Å². The van der Waals surface area contributed by atoms with Crippen molar-refractivity contribution in [2.24, 2.45) is 5.92 Å². The maximum Gasteiger partial charge on any atom is 0.0246 e. The highest BCUT2D eigenvalue weighted by Gasteiger charge is 2.23. The molecule has 0 radical (unpaired) electrons. The minimum atomic E-state index is -0.639. The van der Waals surface area contributed by atoms with E-state index in [1.165, 1.54) is 19.3 Å². The normalized spacial score (nSPS) is 23.1. The van der Waals surface area contributed by atoms with E-state index in [1.807, 2.05) is 0 Å². The van der Waals surface area contributed by atoms with Crippen LogP contribution in [-0.2, 0) is 10.8 Å². The van der Waals surface area contributed by atoms with Crippen LogP contribution >= 0.6 is 0 Å². The predicted molar refractivity (Wildman–Crippen MR) is 63.0 cm³/mol. The van der Waals surface area contributed by atoms with Gasteiger partial charge in [0, 0.05) is 34.9 Å². The summed E-state index contributed by atoms with van der Waals surface area (Å²) in [5.74, 6) is 1.81. The molecule has 1 aliphatic carbocycles. The number of hydrogen-bond acceptors (Lipinski definition) is 2. The first-order chi connectivity index (χ1) is 6.58. The minimum absolute atomic E-state index is 0.507. The van der Waals surface area contributed by atoms with E-state index >= 15 is 0 Å². The summed E-state index contributed by atoms with van der Waals surface area (Å²) < 4.78 is 10.9. The van der Waals surface area contributed by atoms with Crippen LogP contribution in [0.2, 0.25) is 0 Å². The summed E-state index contributed by atoms with van der Waals surface area (Å²) in [4.78, 5) is 0. The average molecular weight is 217 g/mol. The van der Waals surface area contributed by atoms with Gasteiger partial charge in [-0.2, -0.15) is 0 Å². The lowest BCUT2D eigenvalue weighted by molar-refractivity contribution is 0.424. The molecule has 0 aromatic rings. The molecule has 0 amide bonds. The second-order valence-corrected chi connectivity index (χ2v) is 6.27. The molecule has 84 valence electrons. The molecule has 14 heavy (non-hydrogen) atoms. The van der Waals surface area contributed by atoms with Gasteiger partial charge in [-0.05, 0) is 32.6 Å². The third kappa shape index (κ3) is 5.76. The highest BCUT2D eigenvalue weighted by Crippen LogP contribution is 2.33. The van der Waals surface area contributed by atoms with Crippen LogP contribution in [0.5, 0.6) is 0 Å². The number of hydrogen-bond donors (Lipinski definition) is 1. The Morgan fingerprint density at radius 1 is 1.36 bits per heavy atom. The van der Waals surface area contributed by atoms with Crippen LogP contribution in [0, 0.1) is 5.92 Å². The van der Waals surface area contributed by atoms with E-state index in [4.69, 9.17) is 0 Å². The summed E-state index contributed by atoms with van der Waals surface area (Å²) in [5.41, 5.74) is 0. The maximum absolute atomic E-state index is 10.9. The SMILES string of the molecule is CC(CCS(C)=O)NC(C)CC1CC1. The van der Waals surface area contributed by atoms with E-state index in [1.54, 1.807) is 6.26 Å². The van der Waals surface area contributed by atoms with Crippen molar-refractivity contribution in [3.05, 3.63) is 0 Å². The van der Waals surface area contributed by atoms with Crippen LogP contribution in [-0.4, -0.2) is 28.3 Å². The fraction of sp³-hybridized carbons (Fsp3) is 1.00. The number of rotatable bonds is 7. The van der Waals surface area contributed by atoms with Gasteiger partial charge in [0.2, 0.25) is 0 Å². The summed E-state index contributed by atoms with van der Waals surface area (Å²) >= 11 is 0. The zero-order chi connectivity index (χ0) is 10.6. The van der Waals surface area contributed by atoms with E-state index in [2.05, 4.69) is 19.2 Å². The van der Waals surface area contributed by atoms with Gasteiger partial charge in [0.1, 0.15) is 0 Å². The van der Waals surface area contributed by atoms with Gasteiger partial charge >= 0.3 is 0 Å². The molecule has 3 atom stereocenters. The minimum Gasteiger partial charge on any atom is -0.312 e. The second kappa shape index (κ2) is 5.86. The quantitative estimate of drug-likeness (QED) is 0.706. The van der Waals surface area contributed by atoms with Gasteiger partial charge in [-0.25, -0.2) is 0 Å². The van der Waals surface area contributed by atoms with Gasteiger partial charge in [0.05, 0.1) is 0 Å². The molecule has 0 aromatic heterocycles. The van der Waals surface area contributed by atoms with Gasteiger partial charge in [0.15, 0.2) is 0 Å². The summed E-state index contributed by atoms with van der Waals surface area (Å²) in [6, 6.07) is 1.13. The van der Waals surface area contributed by atoms with E-state index in [9.17, 15) is 4.21 Å². The molecule has 3 heteroatoms. The highest BCUT2D eigenvalue weighted by molar-refractivity contribution is 7.84. The smallest absolute Gasteiger partial charge is 0.0246 e. The van der Waals surface area contributed by atoms with Crippen molar-refractivity contribution in [1.29, 1.82) is 0 Å². The monoisotopic (exact) mass is 217 g/mol. The van der Waals surface area contributed by atoms with Crippen LogP contribution in [0.25, 0.3) is 0 Å². The second-order valence-electron chi connectivity index (χ2n) is 4.71. The van der Waals surface area contributed by atoms with Crippen molar-refractivity contribution in [2.75, 3.05) is 12.0 Å². The van der Waals surface area contributed by atoms with Gasteiger partial charge in [-0.15, -0.1) is 0 Å². The molecule has 0 aliphatic heterocycles. The van der Waals surface area contributed by atoms with Crippen molar-refractivity contribution < 1.29 is 4.21 Å². The van der Waals surface area contributed by atoms with Crippen molar-refractivity contribution in [3.63, 3.8) is 0 Å². The summed E-state index contributed by atoms with van der Waals surface area (Å²) in [5, 5.41) is 3.57. The fourth-order valence-corrected chi connectivity index (χ4v) is 2.52. The fourth-order valence-electron chi connectivity index (χ4n) is 1.83. The van der Waals surface area contributed by atoms with Gasteiger partial charge in [0.25, 0.3) is 0 Å². The zero-order valence-corrected chi connectivity index (χ0v) is 10.4. The van der Waals surface area contributed by atoms with E-state index in [0.29, 0.717) is 12.1 Å². The molecule has 1 rings (SSSR count). The first-order valence-electron chi connectivity index (χ1n) is 5.64. The molecule has 1 saturated carbocycles. The Balaban J connectivity index is 2.05. The molecule has 3 unspecified atom stereocenters. The zero-order valence-electron chi connectivity index (χ0n) is 9.58. The topological polar surface area (TPSA) is 29.1 Å². The van der Waals surface area contributed by atoms with E-state index < -0.39 is 10.8 Å². The van der Waals surface area contributed by atoms with Crippen molar-refractivity contribution >= 4 is 10.8 Å². The maximum atomic E-state index is 10.9. The first kappa shape index (κ1) is 12.2. The Kier molecular flexibility index (Phi) is 5.10. The van der Waals surface area contributed by atoms with E-state index in [-0.39, 0.29) is 0 Å². The molecule has 0 aromatic carbocycles. The number of nitrogens with one attached hydrogen (secondary N) is 1. The lowest BCUT2D eigenvalue weighted by atomic mass is 10.1. The van der Waals surface area contributed by atoms with Crippen LogP contribution in [0.15, 0.2) is 0 Å². The Morgan fingerprint density at radius 3 is 2.50 bits per heavy atom. The summed E-state index contributed by atoms with van der Waals surface area (Å²) in [6.07, 6.45) is 6.98. The third-order valence-electron chi connectivity index (χ3n) is 2.79. The molecular weight excluding hydrogens is 194 g/mol. The van der Waals surface area contributed by atoms with Gasteiger partial charge in [-0.3, -0.25) is 4.21 Å². The predicted octanol–water partition coefficient (Wildman–Crippen LogP) is 1.92. The largest absolute Gasteiger partial charge is 0.312 e. The summed E-state index contributed by atoms with van der Waals surface area (Å²) in [7, 11) is -0.639. The molecular formula is C11H23NOS. The molecule has 0 spiro atoms. The molecule has 1 N–H and O–H groups in total. The lowest BCUT2D eigenvalue weighted by Gasteiger charge is -2.19.